The summed E-state index contributed by atoms with van der Waals surface area (Å²) in [7, 11) is 0. The molecular formula is C13H14N4O3. The normalized spacial score (nSPS) is 11.8. The van der Waals surface area contributed by atoms with Gasteiger partial charge in [-0.05, 0) is 11.6 Å². The summed E-state index contributed by atoms with van der Waals surface area (Å²) in [6, 6.07) is 3.69. The molecule has 0 amide bonds. The molecule has 0 aliphatic heterocycles. The second kappa shape index (κ2) is 6.58. The van der Waals surface area contributed by atoms with Gasteiger partial charge in [-0.1, -0.05) is 6.07 Å². The standard InChI is InChI=1S/C13H14N4O3/c18-8-10(9-2-1-3-14-4-9)5-16-12-7-15-11(6-17-12)13(19)20/h1-4,6-7,10,18H,5,8H2,(H,16,17)(H,19,20). The van der Waals surface area contributed by atoms with Gasteiger partial charge in [-0.2, -0.15) is 0 Å². The van der Waals surface area contributed by atoms with Crippen molar-refractivity contribution in [2.45, 2.75) is 5.92 Å². The Balaban J connectivity index is 1.98. The molecule has 3 N–H and O–H groups in total. The highest BCUT2D eigenvalue weighted by molar-refractivity contribution is 5.84. The lowest BCUT2D eigenvalue weighted by molar-refractivity contribution is 0.0690. The number of hydrogen-bond donors (Lipinski definition) is 3. The van der Waals surface area contributed by atoms with Crippen LogP contribution in [-0.4, -0.2) is 44.3 Å². The Hall–Kier alpha value is -2.54. The third-order valence-electron chi connectivity index (χ3n) is 2.78. The number of nitrogens with one attached hydrogen (secondary N) is 1. The zero-order valence-corrected chi connectivity index (χ0v) is 10.6. The molecule has 0 bridgehead atoms. The Morgan fingerprint density at radius 3 is 2.70 bits per heavy atom. The molecular weight excluding hydrogens is 260 g/mol. The van der Waals surface area contributed by atoms with E-state index in [1.54, 1.807) is 18.5 Å². The first-order valence-electron chi connectivity index (χ1n) is 6.00. The molecule has 0 aromatic carbocycles. The summed E-state index contributed by atoms with van der Waals surface area (Å²) >= 11 is 0. The third-order valence-corrected chi connectivity index (χ3v) is 2.78. The second-order valence-electron chi connectivity index (χ2n) is 4.14. The number of aromatic carboxylic acids is 1. The highest BCUT2D eigenvalue weighted by Gasteiger charge is 2.11. The van der Waals surface area contributed by atoms with Gasteiger partial charge >= 0.3 is 5.97 Å². The molecule has 1 atom stereocenters. The van der Waals surface area contributed by atoms with E-state index in [1.165, 1.54) is 12.4 Å². The summed E-state index contributed by atoms with van der Waals surface area (Å²) in [5.74, 6) is -0.783. The number of aliphatic hydroxyl groups excluding tert-OH is 1. The fourth-order valence-electron chi connectivity index (χ4n) is 1.66. The molecule has 0 saturated carbocycles. The lowest BCUT2D eigenvalue weighted by Gasteiger charge is -2.15. The van der Waals surface area contributed by atoms with Crippen molar-refractivity contribution in [2.75, 3.05) is 18.5 Å². The third kappa shape index (κ3) is 3.48. The second-order valence-corrected chi connectivity index (χ2v) is 4.14. The first kappa shape index (κ1) is 13.9. The first-order chi connectivity index (χ1) is 9.70. The van der Waals surface area contributed by atoms with Crippen LogP contribution in [0.2, 0.25) is 0 Å². The molecule has 20 heavy (non-hydrogen) atoms. The van der Waals surface area contributed by atoms with Crippen LogP contribution in [0.1, 0.15) is 22.0 Å². The topological polar surface area (TPSA) is 108 Å². The average Bonchev–Trinajstić information content (AvgIpc) is 2.49. The zero-order chi connectivity index (χ0) is 14.4. The van der Waals surface area contributed by atoms with E-state index >= 15 is 0 Å². The Morgan fingerprint density at radius 1 is 1.30 bits per heavy atom. The molecule has 7 heteroatoms. The molecule has 104 valence electrons. The number of carboxylic acid groups (broad SMARTS) is 1. The summed E-state index contributed by atoms with van der Waals surface area (Å²) in [6.45, 7) is 0.419. The van der Waals surface area contributed by atoms with Gasteiger partial charge in [0.2, 0.25) is 0 Å². The van der Waals surface area contributed by atoms with E-state index in [2.05, 4.69) is 20.3 Å². The van der Waals surface area contributed by atoms with Crippen LogP contribution < -0.4 is 5.32 Å². The van der Waals surface area contributed by atoms with Crippen LogP contribution >= 0.6 is 0 Å². The number of carboxylic acids is 1. The maximum atomic E-state index is 10.6. The van der Waals surface area contributed by atoms with Crippen molar-refractivity contribution in [3.63, 3.8) is 0 Å². The van der Waals surface area contributed by atoms with E-state index in [0.717, 1.165) is 5.56 Å². The number of carbonyl (C=O) groups is 1. The maximum Gasteiger partial charge on any atom is 0.356 e. The van der Waals surface area contributed by atoms with E-state index in [9.17, 15) is 9.90 Å². The minimum absolute atomic E-state index is 0.0284. The average molecular weight is 274 g/mol. The van der Waals surface area contributed by atoms with Crippen LogP contribution in [0.3, 0.4) is 0 Å². The predicted molar refractivity (Wildman–Crippen MR) is 71.5 cm³/mol. The summed E-state index contributed by atoms with van der Waals surface area (Å²) in [5, 5.41) is 21.1. The smallest absolute Gasteiger partial charge is 0.356 e. The Kier molecular flexibility index (Phi) is 4.56. The first-order valence-corrected chi connectivity index (χ1v) is 6.00. The van der Waals surface area contributed by atoms with Crippen LogP contribution in [0.25, 0.3) is 0 Å². The molecule has 0 radical (unpaired) electrons. The molecule has 2 rings (SSSR count). The van der Waals surface area contributed by atoms with Gasteiger partial charge in [-0.25, -0.2) is 14.8 Å². The highest BCUT2D eigenvalue weighted by Crippen LogP contribution is 2.14. The molecule has 0 spiro atoms. The highest BCUT2D eigenvalue weighted by atomic mass is 16.4. The number of aliphatic hydroxyl groups is 1. The SMILES string of the molecule is O=C(O)c1cnc(NCC(CO)c2cccnc2)cn1. The van der Waals surface area contributed by atoms with Crippen LogP contribution in [0.15, 0.2) is 36.9 Å². The summed E-state index contributed by atoms with van der Waals surface area (Å²) in [4.78, 5) is 22.4. The van der Waals surface area contributed by atoms with E-state index in [1.807, 2.05) is 6.07 Å². The lowest BCUT2D eigenvalue weighted by Crippen LogP contribution is -2.17. The van der Waals surface area contributed by atoms with Crippen molar-refractivity contribution in [1.29, 1.82) is 0 Å². The molecule has 2 heterocycles. The number of hydrogen-bond acceptors (Lipinski definition) is 6. The number of aromatic nitrogens is 3. The number of anilines is 1. The zero-order valence-electron chi connectivity index (χ0n) is 10.6. The fourth-order valence-corrected chi connectivity index (χ4v) is 1.66. The van der Waals surface area contributed by atoms with Crippen molar-refractivity contribution in [2.24, 2.45) is 0 Å². The van der Waals surface area contributed by atoms with E-state index in [4.69, 9.17) is 5.11 Å². The number of nitrogens with zero attached hydrogens (tertiary/aromatic N) is 3. The van der Waals surface area contributed by atoms with Gasteiger partial charge in [0.15, 0.2) is 5.69 Å². The van der Waals surface area contributed by atoms with Gasteiger partial charge in [0.05, 0.1) is 19.0 Å². The molecule has 0 saturated heterocycles. The van der Waals surface area contributed by atoms with Gasteiger partial charge in [0, 0.05) is 24.9 Å². The van der Waals surface area contributed by atoms with Gasteiger partial charge in [0.1, 0.15) is 5.82 Å². The monoisotopic (exact) mass is 274 g/mol. The van der Waals surface area contributed by atoms with Crippen molar-refractivity contribution < 1.29 is 15.0 Å². The Morgan fingerprint density at radius 2 is 2.15 bits per heavy atom. The van der Waals surface area contributed by atoms with E-state index in [-0.39, 0.29) is 18.2 Å². The molecule has 1 unspecified atom stereocenters. The minimum atomic E-state index is -1.12. The van der Waals surface area contributed by atoms with Crippen molar-refractivity contribution >= 4 is 11.8 Å². The summed E-state index contributed by atoms with van der Waals surface area (Å²) in [6.07, 6.45) is 5.90. The largest absolute Gasteiger partial charge is 0.476 e. The van der Waals surface area contributed by atoms with Crippen LogP contribution in [0.4, 0.5) is 5.82 Å². The quantitative estimate of drug-likeness (QED) is 0.713. The summed E-state index contributed by atoms with van der Waals surface area (Å²) < 4.78 is 0. The van der Waals surface area contributed by atoms with Crippen molar-refractivity contribution in [1.82, 2.24) is 15.0 Å². The van der Waals surface area contributed by atoms with Gasteiger partial charge in [-0.15, -0.1) is 0 Å². The maximum absolute atomic E-state index is 10.6. The van der Waals surface area contributed by atoms with Crippen LogP contribution in [0, 0.1) is 0 Å². The molecule has 2 aromatic heterocycles. The van der Waals surface area contributed by atoms with Crippen LogP contribution in [0.5, 0.6) is 0 Å². The minimum Gasteiger partial charge on any atom is -0.476 e. The molecule has 0 aliphatic carbocycles. The summed E-state index contributed by atoms with van der Waals surface area (Å²) in [5.41, 5.74) is 0.805. The van der Waals surface area contributed by atoms with Gasteiger partial charge < -0.3 is 15.5 Å². The van der Waals surface area contributed by atoms with E-state index < -0.39 is 5.97 Å². The molecule has 7 nitrogen and oxygen atoms in total. The van der Waals surface area contributed by atoms with Crippen molar-refractivity contribution in [3.05, 3.63) is 48.2 Å². The molecule has 2 aromatic rings. The fraction of sp³-hybridized carbons (Fsp3) is 0.231. The number of rotatable bonds is 6. The Labute approximate surface area is 115 Å². The van der Waals surface area contributed by atoms with Crippen LogP contribution in [-0.2, 0) is 0 Å². The molecule has 0 aliphatic rings. The number of pyridine rings is 1. The van der Waals surface area contributed by atoms with Crippen molar-refractivity contribution in [3.8, 4) is 0 Å². The van der Waals surface area contributed by atoms with Gasteiger partial charge in [0.25, 0.3) is 0 Å². The van der Waals surface area contributed by atoms with E-state index in [0.29, 0.717) is 12.4 Å². The molecule has 0 fully saturated rings. The predicted octanol–water partition coefficient (Wildman–Crippen LogP) is 0.758. The lowest BCUT2D eigenvalue weighted by atomic mass is 10.0. The Bertz CT molecular complexity index is 560. The van der Waals surface area contributed by atoms with Gasteiger partial charge in [-0.3, -0.25) is 4.98 Å².